The van der Waals surface area contributed by atoms with Crippen LogP contribution in [0.4, 0.5) is 5.82 Å². The molecular formula is C29H34N6O. The van der Waals surface area contributed by atoms with Crippen LogP contribution >= 0.6 is 0 Å². The van der Waals surface area contributed by atoms with Gasteiger partial charge in [0.05, 0.1) is 11.4 Å². The lowest BCUT2D eigenvalue weighted by Crippen LogP contribution is -2.49. The van der Waals surface area contributed by atoms with Gasteiger partial charge < -0.3 is 15.4 Å². The summed E-state index contributed by atoms with van der Waals surface area (Å²) < 4.78 is 7.94. The number of ether oxygens (including phenoxy) is 1. The molecule has 1 aliphatic carbocycles. The summed E-state index contributed by atoms with van der Waals surface area (Å²) in [6.45, 7) is 4.73. The van der Waals surface area contributed by atoms with Crippen molar-refractivity contribution in [2.75, 3.05) is 39.0 Å². The summed E-state index contributed by atoms with van der Waals surface area (Å²) in [5, 5.41) is 6.26. The van der Waals surface area contributed by atoms with Crippen molar-refractivity contribution in [3.63, 3.8) is 0 Å². The monoisotopic (exact) mass is 482 g/mol. The van der Waals surface area contributed by atoms with Crippen molar-refractivity contribution < 1.29 is 4.74 Å². The van der Waals surface area contributed by atoms with Crippen LogP contribution < -0.4 is 10.5 Å². The third kappa shape index (κ3) is 4.56. The molecule has 1 saturated carbocycles. The number of nitrogens with two attached hydrogens (primary N) is 1. The van der Waals surface area contributed by atoms with Crippen molar-refractivity contribution in [2.24, 2.45) is 0 Å². The molecular weight excluding hydrogens is 448 g/mol. The van der Waals surface area contributed by atoms with Crippen LogP contribution in [0.3, 0.4) is 0 Å². The van der Waals surface area contributed by atoms with Gasteiger partial charge in [0, 0.05) is 49.7 Å². The molecule has 2 fully saturated rings. The van der Waals surface area contributed by atoms with Crippen LogP contribution in [0.25, 0.3) is 16.6 Å². The number of fused-ring (bicyclic) bond motifs is 1. The number of hydrogen-bond acceptors (Lipinski definition) is 6. The summed E-state index contributed by atoms with van der Waals surface area (Å²) in [5.41, 5.74) is 9.40. The van der Waals surface area contributed by atoms with Crippen molar-refractivity contribution in [3.8, 4) is 17.2 Å². The molecule has 186 valence electrons. The predicted octanol–water partition coefficient (Wildman–Crippen LogP) is 5.07. The highest BCUT2D eigenvalue weighted by molar-refractivity contribution is 5.91. The molecule has 36 heavy (non-hydrogen) atoms. The molecule has 7 nitrogen and oxygen atoms in total. The number of hydrogen-bond donors (Lipinski definition) is 1. The van der Waals surface area contributed by atoms with Crippen LogP contribution in [0.15, 0.2) is 66.9 Å². The standard InChI is InChI=1S/C29H34N6O/c1-33-17-19-34(20-18-33)22-9-7-21(8-10-22)27-26-15-16-31-29(30)28(26)35(32-27)23-11-13-25(14-12-23)36-24-5-3-2-4-6-24/h2-6,11-16,21-22H,7-10,17-20H2,1H3,(H2,30,31). The Morgan fingerprint density at radius 3 is 2.25 bits per heavy atom. The number of anilines is 1. The average molecular weight is 483 g/mol. The Bertz CT molecular complexity index is 1300. The first-order valence-corrected chi connectivity index (χ1v) is 13.0. The molecule has 2 N–H and O–H groups in total. The van der Waals surface area contributed by atoms with Crippen molar-refractivity contribution >= 4 is 16.7 Å². The molecule has 7 heteroatoms. The zero-order valence-electron chi connectivity index (χ0n) is 20.9. The fourth-order valence-electron chi connectivity index (χ4n) is 5.78. The summed E-state index contributed by atoms with van der Waals surface area (Å²) in [5.74, 6) is 2.56. The van der Waals surface area contributed by atoms with Gasteiger partial charge in [0.1, 0.15) is 22.8 Å². The van der Waals surface area contributed by atoms with E-state index >= 15 is 0 Å². The van der Waals surface area contributed by atoms with Gasteiger partial charge in [-0.3, -0.25) is 4.90 Å². The minimum atomic E-state index is 0.444. The smallest absolute Gasteiger partial charge is 0.150 e. The van der Waals surface area contributed by atoms with Crippen molar-refractivity contribution in [1.29, 1.82) is 0 Å². The van der Waals surface area contributed by atoms with Gasteiger partial charge in [-0.05, 0) is 75.2 Å². The second-order valence-corrected chi connectivity index (χ2v) is 10.1. The highest BCUT2D eigenvalue weighted by Gasteiger charge is 2.31. The summed E-state index contributed by atoms with van der Waals surface area (Å²) in [7, 11) is 2.22. The quantitative estimate of drug-likeness (QED) is 0.428. The molecule has 3 heterocycles. The number of piperazine rings is 1. The molecule has 1 aliphatic heterocycles. The molecule has 2 aliphatic rings. The third-order valence-corrected chi connectivity index (χ3v) is 7.85. The van der Waals surface area contributed by atoms with Crippen LogP contribution in [0.1, 0.15) is 37.3 Å². The van der Waals surface area contributed by atoms with Gasteiger partial charge in [0.2, 0.25) is 0 Å². The second kappa shape index (κ2) is 9.91. The van der Waals surface area contributed by atoms with Crippen LogP contribution in [0, 0.1) is 0 Å². The Balaban J connectivity index is 1.24. The van der Waals surface area contributed by atoms with Gasteiger partial charge in [0.15, 0.2) is 0 Å². The Morgan fingerprint density at radius 2 is 1.53 bits per heavy atom. The Morgan fingerprint density at radius 1 is 0.833 bits per heavy atom. The topological polar surface area (TPSA) is 72.4 Å². The molecule has 0 atom stereocenters. The van der Waals surface area contributed by atoms with Crippen molar-refractivity contribution in [2.45, 2.75) is 37.6 Å². The SMILES string of the molecule is CN1CCN(C2CCC(c3nn(-c4ccc(Oc5ccccc5)cc4)c4c(N)nccc34)CC2)CC1. The molecule has 2 aromatic carbocycles. The fraction of sp³-hybridized carbons (Fsp3) is 0.379. The molecule has 6 rings (SSSR count). The highest BCUT2D eigenvalue weighted by atomic mass is 16.5. The van der Waals surface area contributed by atoms with E-state index < -0.39 is 0 Å². The van der Waals surface area contributed by atoms with Gasteiger partial charge in [-0.2, -0.15) is 5.10 Å². The molecule has 1 saturated heterocycles. The van der Waals surface area contributed by atoms with Crippen molar-refractivity contribution in [3.05, 3.63) is 72.6 Å². The Hall–Kier alpha value is -3.42. The number of pyridine rings is 1. The number of aromatic nitrogens is 3. The van der Waals surface area contributed by atoms with Crippen LogP contribution in [-0.2, 0) is 0 Å². The maximum Gasteiger partial charge on any atom is 0.150 e. The number of benzene rings is 2. The van der Waals surface area contributed by atoms with Gasteiger partial charge in [-0.1, -0.05) is 18.2 Å². The predicted molar refractivity (Wildman–Crippen MR) is 144 cm³/mol. The van der Waals surface area contributed by atoms with E-state index in [1.807, 2.05) is 59.3 Å². The molecule has 0 spiro atoms. The zero-order chi connectivity index (χ0) is 24.5. The summed E-state index contributed by atoms with van der Waals surface area (Å²) in [6.07, 6.45) is 6.59. The maximum atomic E-state index is 6.39. The Kier molecular flexibility index (Phi) is 6.34. The molecule has 0 radical (unpaired) electrons. The van der Waals surface area contributed by atoms with Crippen LogP contribution in [0.2, 0.25) is 0 Å². The third-order valence-electron chi connectivity index (χ3n) is 7.85. The van der Waals surface area contributed by atoms with E-state index in [-0.39, 0.29) is 0 Å². The first kappa shape index (κ1) is 23.0. The number of para-hydroxylation sites is 1. The lowest BCUT2D eigenvalue weighted by atomic mass is 9.82. The highest BCUT2D eigenvalue weighted by Crippen LogP contribution is 2.39. The minimum absolute atomic E-state index is 0.444. The summed E-state index contributed by atoms with van der Waals surface area (Å²) in [4.78, 5) is 9.52. The summed E-state index contributed by atoms with van der Waals surface area (Å²) >= 11 is 0. The van der Waals surface area contributed by atoms with Gasteiger partial charge in [-0.15, -0.1) is 0 Å². The second-order valence-electron chi connectivity index (χ2n) is 10.1. The van der Waals surface area contributed by atoms with E-state index in [9.17, 15) is 0 Å². The van der Waals surface area contributed by atoms with Crippen molar-refractivity contribution in [1.82, 2.24) is 24.6 Å². The van der Waals surface area contributed by atoms with E-state index in [2.05, 4.69) is 27.9 Å². The largest absolute Gasteiger partial charge is 0.457 e. The van der Waals surface area contributed by atoms with Crippen LogP contribution in [0.5, 0.6) is 11.5 Å². The van der Waals surface area contributed by atoms with Crippen LogP contribution in [-0.4, -0.2) is 63.8 Å². The zero-order valence-corrected chi connectivity index (χ0v) is 20.9. The molecule has 0 unspecified atom stereocenters. The lowest BCUT2D eigenvalue weighted by molar-refractivity contribution is 0.0876. The minimum Gasteiger partial charge on any atom is -0.457 e. The maximum absolute atomic E-state index is 6.39. The first-order chi connectivity index (χ1) is 17.7. The van der Waals surface area contributed by atoms with E-state index in [1.165, 1.54) is 39.0 Å². The molecule has 0 bridgehead atoms. The van der Waals surface area contributed by atoms with E-state index in [0.29, 0.717) is 17.8 Å². The number of nitrogens with zero attached hydrogens (tertiary/aromatic N) is 5. The molecule has 0 amide bonds. The Labute approximate surface area is 212 Å². The molecule has 2 aromatic heterocycles. The molecule has 4 aromatic rings. The average Bonchev–Trinajstić information content (AvgIpc) is 3.31. The fourth-order valence-corrected chi connectivity index (χ4v) is 5.78. The van der Waals surface area contributed by atoms with Gasteiger partial charge in [-0.25, -0.2) is 9.67 Å². The number of nitrogen functional groups attached to an aromatic ring is 1. The van der Waals surface area contributed by atoms with E-state index in [0.717, 1.165) is 46.6 Å². The number of likely N-dealkylation sites (N-methyl/N-ethyl adjacent to an activating group) is 1. The summed E-state index contributed by atoms with van der Waals surface area (Å²) in [6, 6.07) is 20.6. The van der Waals surface area contributed by atoms with E-state index in [1.54, 1.807) is 6.20 Å². The number of rotatable bonds is 5. The van der Waals surface area contributed by atoms with E-state index in [4.69, 9.17) is 15.6 Å². The van der Waals surface area contributed by atoms with Gasteiger partial charge in [0.25, 0.3) is 0 Å². The normalized spacial score (nSPS) is 21.6. The van der Waals surface area contributed by atoms with Gasteiger partial charge >= 0.3 is 0 Å². The first-order valence-electron chi connectivity index (χ1n) is 13.0. The lowest BCUT2D eigenvalue weighted by Gasteiger charge is -2.41.